The van der Waals surface area contributed by atoms with E-state index in [0.29, 0.717) is 0 Å². The van der Waals surface area contributed by atoms with Crippen LogP contribution >= 0.6 is 45.4 Å². The van der Waals surface area contributed by atoms with Crippen molar-refractivity contribution < 1.29 is 9.31 Å². The van der Waals surface area contributed by atoms with Crippen LogP contribution in [0.15, 0.2) is 130 Å². The molecule has 0 spiro atoms. The Bertz CT molecular complexity index is 1530. The molecular weight excluding hydrogens is 709 g/mol. The highest BCUT2D eigenvalue weighted by Gasteiger charge is 2.51. The van der Waals surface area contributed by atoms with Gasteiger partial charge in [-0.2, -0.15) is 13.5 Å². The topological polar surface area (TPSA) is 96.5 Å². The number of nitrogen functional groups attached to an aromatic ring is 3. The number of rotatable bonds is 3. The van der Waals surface area contributed by atoms with Gasteiger partial charge in [0.2, 0.25) is 0 Å². The van der Waals surface area contributed by atoms with Crippen LogP contribution in [0.5, 0.6) is 0 Å². The van der Waals surface area contributed by atoms with Crippen LogP contribution in [0.25, 0.3) is 22.3 Å². The second-order valence-corrected chi connectivity index (χ2v) is 13.3. The summed E-state index contributed by atoms with van der Waals surface area (Å²) < 4.78 is 14.1. The second-order valence-electron chi connectivity index (χ2n) is 11.5. The maximum absolute atomic E-state index is 5.93. The fraction of sp³-hybridized carbons (Fsp3) is 0.167. The Labute approximate surface area is 291 Å². The summed E-state index contributed by atoms with van der Waals surface area (Å²) in [7, 11) is -0.300. The number of hydrogen-bond acceptors (Lipinski definition) is 5. The Morgan fingerprint density at radius 2 is 0.689 bits per heavy atom. The minimum Gasteiger partial charge on any atom is -0.399 e. The lowest BCUT2D eigenvalue weighted by Gasteiger charge is -2.32. The zero-order chi connectivity index (χ0) is 31.9. The van der Waals surface area contributed by atoms with Gasteiger partial charge in [-0.3, -0.25) is 0 Å². The van der Waals surface area contributed by atoms with Crippen LogP contribution in [0.1, 0.15) is 27.7 Å². The van der Waals surface area contributed by atoms with Gasteiger partial charge in [0, 0.05) is 26.0 Å². The molecular formula is C36H40BBr2N3O2S. The predicted octanol–water partition coefficient (Wildman–Crippen LogP) is 9.08. The van der Waals surface area contributed by atoms with Crippen molar-refractivity contribution in [3.05, 3.63) is 130 Å². The molecule has 9 heteroatoms. The molecule has 1 aliphatic rings. The number of nitrogens with two attached hydrogens (primary N) is 3. The summed E-state index contributed by atoms with van der Waals surface area (Å²) in [5.74, 6) is 0. The highest BCUT2D eigenvalue weighted by atomic mass is 79.9. The molecule has 0 bridgehead atoms. The molecule has 0 unspecified atom stereocenters. The van der Waals surface area contributed by atoms with E-state index in [4.69, 9.17) is 26.5 Å². The van der Waals surface area contributed by atoms with Crippen LogP contribution in [0.4, 0.5) is 17.1 Å². The third-order valence-corrected chi connectivity index (χ3v) is 8.70. The molecule has 6 rings (SSSR count). The zero-order valence-electron chi connectivity index (χ0n) is 25.9. The van der Waals surface area contributed by atoms with Crippen molar-refractivity contribution in [1.82, 2.24) is 0 Å². The van der Waals surface area contributed by atoms with Crippen LogP contribution in [-0.2, 0) is 9.31 Å². The predicted molar refractivity (Wildman–Crippen MR) is 205 cm³/mol. The fourth-order valence-corrected chi connectivity index (χ4v) is 4.80. The average molecular weight is 749 g/mol. The van der Waals surface area contributed by atoms with E-state index < -0.39 is 0 Å². The summed E-state index contributed by atoms with van der Waals surface area (Å²) in [6, 6.07) is 39.9. The summed E-state index contributed by atoms with van der Waals surface area (Å²) in [5, 5.41) is 0. The summed E-state index contributed by atoms with van der Waals surface area (Å²) in [6.45, 7) is 8.18. The first-order valence-electron chi connectivity index (χ1n) is 14.3. The highest BCUT2D eigenvalue weighted by molar-refractivity contribution is 9.11. The van der Waals surface area contributed by atoms with Crippen molar-refractivity contribution in [3.8, 4) is 22.3 Å². The summed E-state index contributed by atoms with van der Waals surface area (Å²) >= 11 is 6.65. The van der Waals surface area contributed by atoms with Crippen LogP contribution < -0.4 is 22.7 Å². The number of anilines is 3. The van der Waals surface area contributed by atoms with Gasteiger partial charge in [0.25, 0.3) is 0 Å². The van der Waals surface area contributed by atoms with E-state index in [2.05, 4.69) is 56.1 Å². The molecule has 0 aliphatic carbocycles. The molecule has 0 atom stereocenters. The van der Waals surface area contributed by atoms with Gasteiger partial charge in [-0.1, -0.05) is 92.5 Å². The lowest BCUT2D eigenvalue weighted by Crippen LogP contribution is -2.41. The molecule has 0 amide bonds. The van der Waals surface area contributed by atoms with E-state index >= 15 is 0 Å². The minimum absolute atomic E-state index is 0. The molecule has 45 heavy (non-hydrogen) atoms. The van der Waals surface area contributed by atoms with E-state index in [-0.39, 0.29) is 31.8 Å². The first-order chi connectivity index (χ1) is 20.8. The van der Waals surface area contributed by atoms with Crippen molar-refractivity contribution in [3.63, 3.8) is 0 Å². The van der Waals surface area contributed by atoms with Crippen LogP contribution in [0.3, 0.4) is 0 Å². The molecule has 1 saturated heterocycles. The molecule has 0 radical (unpaired) electrons. The Kier molecular flexibility index (Phi) is 12.8. The molecule has 5 aromatic carbocycles. The Hall–Kier alpha value is -3.21. The van der Waals surface area contributed by atoms with E-state index in [1.807, 2.05) is 125 Å². The smallest absolute Gasteiger partial charge is 0.399 e. The molecule has 5 aromatic rings. The van der Waals surface area contributed by atoms with Gasteiger partial charge in [0.15, 0.2) is 0 Å². The molecule has 0 aromatic heterocycles. The third kappa shape index (κ3) is 10.1. The lowest BCUT2D eigenvalue weighted by atomic mass is 9.79. The molecule has 5 nitrogen and oxygen atoms in total. The lowest BCUT2D eigenvalue weighted by molar-refractivity contribution is 0.00578. The maximum atomic E-state index is 5.93. The number of hydrogen-bond donors (Lipinski definition) is 3. The van der Waals surface area contributed by atoms with Gasteiger partial charge in [-0.15, -0.1) is 0 Å². The number of halogens is 2. The fourth-order valence-electron chi connectivity index (χ4n) is 4.27. The average Bonchev–Trinajstić information content (AvgIpc) is 3.23. The monoisotopic (exact) mass is 747 g/mol. The molecule has 1 aliphatic heterocycles. The van der Waals surface area contributed by atoms with Gasteiger partial charge in [-0.25, -0.2) is 0 Å². The van der Waals surface area contributed by atoms with Crippen molar-refractivity contribution in [2.75, 3.05) is 17.2 Å². The van der Waals surface area contributed by atoms with E-state index in [1.165, 1.54) is 22.3 Å². The van der Waals surface area contributed by atoms with Gasteiger partial charge in [0.1, 0.15) is 0 Å². The molecule has 234 valence electrons. The van der Waals surface area contributed by atoms with Crippen molar-refractivity contribution in [2.45, 2.75) is 38.9 Å². The van der Waals surface area contributed by atoms with E-state index in [9.17, 15) is 0 Å². The largest absolute Gasteiger partial charge is 0.494 e. The van der Waals surface area contributed by atoms with Gasteiger partial charge < -0.3 is 26.5 Å². The first-order valence-corrected chi connectivity index (χ1v) is 15.9. The molecule has 6 N–H and O–H groups in total. The van der Waals surface area contributed by atoms with Crippen LogP contribution in [0, 0.1) is 0 Å². The second kappa shape index (κ2) is 15.9. The van der Waals surface area contributed by atoms with Gasteiger partial charge in [-0.05, 0) is 116 Å². The number of benzene rings is 5. The van der Waals surface area contributed by atoms with Crippen molar-refractivity contribution in [2.24, 2.45) is 0 Å². The minimum atomic E-state index is -0.300. The summed E-state index contributed by atoms with van der Waals surface area (Å²) in [5.41, 5.74) is 24.5. The maximum Gasteiger partial charge on any atom is 0.494 e. The normalized spacial score (nSPS) is 14.2. The summed E-state index contributed by atoms with van der Waals surface area (Å²) in [4.78, 5) is 0. The standard InChI is InChI=1S/C18H16N2.C12H18BNO2.C6H4Br2.H2S/c19-17-9-5-15(6-10-17)13-1-2-14(4-3-13)16-7-11-18(20)12-8-16;1-11(2)12(3,4)16-13(15-11)9-5-7-10(14)8-6-9;7-5-1-2-6(8)4-3-5;/h1-12H,19-20H2;5-8H,14H2,1-4H3;1-4H;1H2. The first kappa shape index (κ1) is 36.3. The zero-order valence-corrected chi connectivity index (χ0v) is 30.1. The Balaban J connectivity index is 0.000000198. The molecule has 1 heterocycles. The SMILES string of the molecule is Brc1ccc(Br)cc1.CC1(C)OB(c2ccc(N)cc2)OC1(C)C.Nc1ccc(-c2ccc(-c3ccc(N)cc3)cc2)cc1.S. The van der Waals surface area contributed by atoms with Crippen LogP contribution in [-0.4, -0.2) is 18.3 Å². The highest BCUT2D eigenvalue weighted by Crippen LogP contribution is 2.36. The quantitative estimate of drug-likeness (QED) is 0.126. The van der Waals surface area contributed by atoms with E-state index in [0.717, 1.165) is 31.5 Å². The van der Waals surface area contributed by atoms with Crippen LogP contribution in [0.2, 0.25) is 0 Å². The van der Waals surface area contributed by atoms with Crippen molar-refractivity contribution in [1.29, 1.82) is 0 Å². The third-order valence-electron chi connectivity index (χ3n) is 7.64. The molecule has 1 fully saturated rings. The van der Waals surface area contributed by atoms with Gasteiger partial charge >= 0.3 is 7.12 Å². The van der Waals surface area contributed by atoms with E-state index in [1.54, 1.807) is 0 Å². The molecule has 0 saturated carbocycles. The van der Waals surface area contributed by atoms with Crippen molar-refractivity contribution >= 4 is 75.0 Å². The summed E-state index contributed by atoms with van der Waals surface area (Å²) in [6.07, 6.45) is 0. The Morgan fingerprint density at radius 3 is 0.978 bits per heavy atom. The van der Waals surface area contributed by atoms with Gasteiger partial charge in [0.05, 0.1) is 11.2 Å². The Morgan fingerprint density at radius 1 is 0.444 bits per heavy atom.